The van der Waals surface area contributed by atoms with E-state index in [0.29, 0.717) is 5.75 Å². The molecule has 0 saturated carbocycles. The number of ether oxygens (including phenoxy) is 1. The lowest BCUT2D eigenvalue weighted by atomic mass is 10.1. The highest BCUT2D eigenvalue weighted by Crippen LogP contribution is 2.38. The predicted octanol–water partition coefficient (Wildman–Crippen LogP) is 2.74. The lowest BCUT2D eigenvalue weighted by Crippen LogP contribution is -2.45. The molecule has 1 atom stereocenters. The van der Waals surface area contributed by atoms with Crippen LogP contribution in [0.5, 0.6) is 5.75 Å². The first kappa shape index (κ1) is 14.4. The van der Waals surface area contributed by atoms with Crippen molar-refractivity contribution in [2.24, 2.45) is 5.16 Å². The Hall–Kier alpha value is -2.02. The Morgan fingerprint density at radius 2 is 1.95 bits per heavy atom. The van der Waals surface area contributed by atoms with Crippen LogP contribution < -0.4 is 4.74 Å². The van der Waals surface area contributed by atoms with Crippen LogP contribution in [0.3, 0.4) is 0 Å². The average molecular weight is 287 g/mol. The van der Waals surface area contributed by atoms with E-state index in [-0.39, 0.29) is 5.71 Å². The molecule has 0 fully saturated rings. The van der Waals surface area contributed by atoms with E-state index in [1.54, 1.807) is 30.3 Å². The second kappa shape index (κ2) is 5.16. The lowest BCUT2D eigenvalue weighted by Gasteiger charge is -2.22. The van der Waals surface area contributed by atoms with Gasteiger partial charge in [0.2, 0.25) is 0 Å². The zero-order valence-corrected chi connectivity index (χ0v) is 10.5. The van der Waals surface area contributed by atoms with Gasteiger partial charge < -0.3 is 14.7 Å². The van der Waals surface area contributed by atoms with E-state index in [2.05, 4.69) is 9.99 Å². The molecule has 0 amide bonds. The van der Waals surface area contributed by atoms with Crippen LogP contribution in [0.1, 0.15) is 12.0 Å². The third kappa shape index (κ3) is 2.93. The van der Waals surface area contributed by atoms with E-state index < -0.39 is 18.4 Å². The molecule has 0 aromatic heterocycles. The number of methoxy groups -OCH3 is 1. The van der Waals surface area contributed by atoms with Crippen LogP contribution in [-0.2, 0) is 4.84 Å². The van der Waals surface area contributed by atoms with Crippen LogP contribution in [0.25, 0.3) is 6.08 Å². The van der Waals surface area contributed by atoms with Crippen molar-refractivity contribution in [2.45, 2.75) is 18.4 Å². The molecule has 0 bridgehead atoms. The summed E-state index contributed by atoms with van der Waals surface area (Å²) in [5.41, 5.74) is 0.775. The molecular weight excluding hydrogens is 275 g/mol. The number of nitrogens with zero attached hydrogens (tertiary/aromatic N) is 1. The number of hydrogen-bond donors (Lipinski definition) is 1. The Kier molecular flexibility index (Phi) is 3.71. The molecule has 1 aliphatic rings. The van der Waals surface area contributed by atoms with Gasteiger partial charge in [-0.05, 0) is 23.8 Å². The molecule has 1 aromatic rings. The second-order valence-corrected chi connectivity index (χ2v) is 4.24. The molecule has 108 valence electrons. The molecule has 7 heteroatoms. The smallest absolute Gasteiger partial charge is 0.458 e. The molecule has 20 heavy (non-hydrogen) atoms. The first-order chi connectivity index (χ1) is 9.34. The van der Waals surface area contributed by atoms with E-state index in [4.69, 9.17) is 4.74 Å². The van der Waals surface area contributed by atoms with Gasteiger partial charge in [0, 0.05) is 0 Å². The average Bonchev–Trinajstić information content (AvgIpc) is 2.80. The van der Waals surface area contributed by atoms with Crippen LogP contribution in [0.4, 0.5) is 13.2 Å². The zero-order valence-electron chi connectivity index (χ0n) is 10.5. The summed E-state index contributed by atoms with van der Waals surface area (Å²) in [5, 5.41) is 12.5. The summed E-state index contributed by atoms with van der Waals surface area (Å²) in [6.07, 6.45) is -2.68. The largest absolute Gasteiger partial charge is 0.497 e. The molecular formula is C13H12F3NO3. The number of hydrogen-bond acceptors (Lipinski definition) is 4. The summed E-state index contributed by atoms with van der Waals surface area (Å²) < 4.78 is 42.4. The number of halogens is 3. The highest BCUT2D eigenvalue weighted by Gasteiger charge is 2.60. The summed E-state index contributed by atoms with van der Waals surface area (Å²) in [6, 6.07) is 6.92. The van der Waals surface area contributed by atoms with E-state index in [1.165, 1.54) is 13.2 Å². The van der Waals surface area contributed by atoms with Gasteiger partial charge in [0.05, 0.1) is 19.2 Å². The van der Waals surface area contributed by atoms with Crippen molar-refractivity contribution in [3.8, 4) is 5.75 Å². The van der Waals surface area contributed by atoms with Gasteiger partial charge in [-0.15, -0.1) is 0 Å². The molecule has 0 saturated heterocycles. The quantitative estimate of drug-likeness (QED) is 0.930. The Balaban J connectivity index is 2.03. The summed E-state index contributed by atoms with van der Waals surface area (Å²) in [6.45, 7) is 0. The molecule has 2 rings (SSSR count). The summed E-state index contributed by atoms with van der Waals surface area (Å²) >= 11 is 0. The maximum absolute atomic E-state index is 12.5. The topological polar surface area (TPSA) is 51.0 Å². The van der Waals surface area contributed by atoms with E-state index in [9.17, 15) is 18.3 Å². The van der Waals surface area contributed by atoms with Gasteiger partial charge in [-0.3, -0.25) is 0 Å². The van der Waals surface area contributed by atoms with Crippen molar-refractivity contribution in [1.29, 1.82) is 0 Å². The number of allylic oxidation sites excluding steroid dienone is 1. The number of aliphatic hydroxyl groups is 1. The van der Waals surface area contributed by atoms with Gasteiger partial charge in [0.25, 0.3) is 0 Å². The Morgan fingerprint density at radius 3 is 2.45 bits per heavy atom. The molecule has 1 heterocycles. The van der Waals surface area contributed by atoms with Crippen molar-refractivity contribution in [3.05, 3.63) is 35.9 Å². The minimum Gasteiger partial charge on any atom is -0.497 e. The van der Waals surface area contributed by atoms with Crippen molar-refractivity contribution < 1.29 is 27.9 Å². The molecule has 0 unspecified atom stereocenters. The van der Waals surface area contributed by atoms with Gasteiger partial charge in [-0.1, -0.05) is 23.4 Å². The number of alkyl halides is 3. The van der Waals surface area contributed by atoms with Crippen LogP contribution >= 0.6 is 0 Å². The SMILES string of the molecule is COc1ccc(/C=C/C2=NO[C@](O)(C(F)(F)F)C2)cc1. The second-order valence-electron chi connectivity index (χ2n) is 4.24. The fourth-order valence-electron chi connectivity index (χ4n) is 1.59. The molecule has 1 aliphatic heterocycles. The predicted molar refractivity (Wildman–Crippen MR) is 66.2 cm³/mol. The molecule has 0 aliphatic carbocycles. The molecule has 1 aromatic carbocycles. The minimum atomic E-state index is -4.88. The fourth-order valence-corrected chi connectivity index (χ4v) is 1.59. The van der Waals surface area contributed by atoms with Crippen LogP contribution in [0.15, 0.2) is 35.5 Å². The maximum atomic E-state index is 12.5. The molecule has 0 radical (unpaired) electrons. The van der Waals surface area contributed by atoms with E-state index in [1.807, 2.05) is 0 Å². The third-order valence-electron chi connectivity index (χ3n) is 2.76. The highest BCUT2D eigenvalue weighted by molar-refractivity contribution is 5.99. The van der Waals surface area contributed by atoms with Crippen molar-refractivity contribution in [3.63, 3.8) is 0 Å². The van der Waals surface area contributed by atoms with Crippen LogP contribution in [0, 0.1) is 0 Å². The number of oxime groups is 1. The first-order valence-corrected chi connectivity index (χ1v) is 5.70. The Labute approximate surface area is 113 Å². The van der Waals surface area contributed by atoms with Gasteiger partial charge in [-0.25, -0.2) is 0 Å². The zero-order chi connectivity index (χ0) is 14.8. The molecule has 0 spiro atoms. The van der Waals surface area contributed by atoms with Crippen molar-refractivity contribution >= 4 is 11.8 Å². The van der Waals surface area contributed by atoms with Crippen LogP contribution in [0.2, 0.25) is 0 Å². The van der Waals surface area contributed by atoms with Gasteiger partial charge in [-0.2, -0.15) is 13.2 Å². The van der Waals surface area contributed by atoms with Gasteiger partial charge >= 0.3 is 12.0 Å². The number of rotatable bonds is 3. The normalized spacial score (nSPS) is 22.8. The first-order valence-electron chi connectivity index (χ1n) is 5.70. The van der Waals surface area contributed by atoms with E-state index in [0.717, 1.165) is 5.56 Å². The van der Waals surface area contributed by atoms with E-state index >= 15 is 0 Å². The van der Waals surface area contributed by atoms with Crippen molar-refractivity contribution in [2.75, 3.05) is 7.11 Å². The summed E-state index contributed by atoms with van der Waals surface area (Å²) in [4.78, 5) is 4.09. The molecule has 1 N–H and O–H groups in total. The minimum absolute atomic E-state index is 0.0145. The van der Waals surface area contributed by atoms with Crippen molar-refractivity contribution in [1.82, 2.24) is 0 Å². The Bertz CT molecular complexity index is 537. The van der Waals surface area contributed by atoms with Crippen LogP contribution in [-0.4, -0.2) is 29.9 Å². The standard InChI is InChI=1S/C13H12F3NO3/c1-19-11-6-3-9(4-7-11)2-5-10-8-12(18,20-17-10)13(14,15)16/h2-7,18H,8H2,1H3/b5-2+/t12-/m0/s1. The maximum Gasteiger partial charge on any atom is 0.458 e. The summed E-state index contributed by atoms with van der Waals surface area (Å²) in [5.74, 6) is -2.55. The lowest BCUT2D eigenvalue weighted by molar-refractivity contribution is -0.355. The Morgan fingerprint density at radius 1 is 1.30 bits per heavy atom. The summed E-state index contributed by atoms with van der Waals surface area (Å²) in [7, 11) is 1.54. The third-order valence-corrected chi connectivity index (χ3v) is 2.76. The van der Waals surface area contributed by atoms with Gasteiger partial charge in [0.15, 0.2) is 0 Å². The highest BCUT2D eigenvalue weighted by atomic mass is 19.4. The molecule has 4 nitrogen and oxygen atoms in total. The van der Waals surface area contributed by atoms with Gasteiger partial charge in [0.1, 0.15) is 5.75 Å². The monoisotopic (exact) mass is 287 g/mol. The number of benzene rings is 1. The fraction of sp³-hybridized carbons (Fsp3) is 0.308.